The molecule has 0 saturated carbocycles. The number of allylic oxidation sites excluding steroid dienone is 14. The monoisotopic (exact) mass is 1060 g/mol. The van der Waals surface area contributed by atoms with Crippen LogP contribution < -0.4 is 0 Å². The molecule has 0 fully saturated rings. The molecule has 0 aromatic carbocycles. The fourth-order valence-corrected chi connectivity index (χ4v) is 9.16. The van der Waals surface area contributed by atoms with Gasteiger partial charge in [0.1, 0.15) is 13.2 Å². The molecule has 1 atom stereocenters. The van der Waals surface area contributed by atoms with Crippen LogP contribution in [-0.4, -0.2) is 37.2 Å². The molecular formula is C70H122O6. The summed E-state index contributed by atoms with van der Waals surface area (Å²) in [4.78, 5) is 38.3. The van der Waals surface area contributed by atoms with E-state index in [1.807, 2.05) is 0 Å². The first-order chi connectivity index (χ1) is 37.5. The molecule has 6 nitrogen and oxygen atoms in total. The lowest BCUT2D eigenvalue weighted by atomic mass is 10.0. The van der Waals surface area contributed by atoms with Crippen molar-refractivity contribution in [3.05, 3.63) is 85.1 Å². The number of ether oxygens (including phenoxy) is 3. The second-order valence-electron chi connectivity index (χ2n) is 21.7. The molecule has 0 aromatic rings. The second kappa shape index (κ2) is 64.1. The van der Waals surface area contributed by atoms with Crippen LogP contribution in [0.4, 0.5) is 0 Å². The first-order valence-corrected chi connectivity index (χ1v) is 32.6. The summed E-state index contributed by atoms with van der Waals surface area (Å²) in [5.41, 5.74) is 0. The van der Waals surface area contributed by atoms with E-state index < -0.39 is 6.10 Å². The maximum absolute atomic E-state index is 12.9. The number of hydrogen-bond donors (Lipinski definition) is 0. The van der Waals surface area contributed by atoms with E-state index in [0.717, 1.165) is 103 Å². The highest BCUT2D eigenvalue weighted by Crippen LogP contribution is 2.16. The van der Waals surface area contributed by atoms with Crippen LogP contribution in [-0.2, 0) is 28.6 Å². The number of unbranched alkanes of at least 4 members (excludes halogenated alkanes) is 34. The molecule has 76 heavy (non-hydrogen) atoms. The molecule has 0 amide bonds. The standard InChI is InChI=1S/C70H122O6/c1-4-7-10-13-16-19-22-25-27-29-31-32-33-34-35-36-37-38-40-41-43-45-48-51-54-57-60-63-69(72)75-66-67(65-74-68(71)62-59-56-53-50-47-24-21-18-15-12-9-6-3)76-70(73)64-61-58-55-52-49-46-44-42-39-30-28-26-23-20-17-14-11-8-5-2/h17-18,20-22,25-26,28-29,31,33-34,39,42,67H,4-16,19,23-24,27,30,32,35-38,40-41,43-66H2,1-3H3/b20-17-,21-18-,25-22-,28-26-,31-29-,34-33-,42-39-. The van der Waals surface area contributed by atoms with E-state index in [2.05, 4.69) is 106 Å². The zero-order valence-corrected chi connectivity index (χ0v) is 50.3. The van der Waals surface area contributed by atoms with E-state index in [-0.39, 0.29) is 31.1 Å². The first-order valence-electron chi connectivity index (χ1n) is 32.6. The number of rotatable bonds is 59. The van der Waals surface area contributed by atoms with Crippen LogP contribution in [0.25, 0.3) is 0 Å². The third-order valence-electron chi connectivity index (χ3n) is 14.1. The smallest absolute Gasteiger partial charge is 0.306 e. The molecule has 438 valence electrons. The van der Waals surface area contributed by atoms with Crippen molar-refractivity contribution in [3.8, 4) is 0 Å². The quantitative estimate of drug-likeness (QED) is 0.0261. The molecule has 1 unspecified atom stereocenters. The van der Waals surface area contributed by atoms with Crippen molar-refractivity contribution in [1.29, 1.82) is 0 Å². The van der Waals surface area contributed by atoms with Crippen molar-refractivity contribution in [2.45, 2.75) is 329 Å². The summed E-state index contributed by atoms with van der Waals surface area (Å²) in [5, 5.41) is 0. The normalized spacial score (nSPS) is 12.6. The molecule has 0 aliphatic heterocycles. The molecule has 0 radical (unpaired) electrons. The number of carbonyl (C=O) groups is 3. The maximum Gasteiger partial charge on any atom is 0.306 e. The number of carbonyl (C=O) groups excluding carboxylic acids is 3. The highest BCUT2D eigenvalue weighted by atomic mass is 16.6. The minimum absolute atomic E-state index is 0.0845. The molecule has 0 rings (SSSR count). The first kappa shape index (κ1) is 72.6. The molecule has 0 N–H and O–H groups in total. The van der Waals surface area contributed by atoms with Crippen LogP contribution in [0.2, 0.25) is 0 Å². The van der Waals surface area contributed by atoms with Gasteiger partial charge in [-0.2, -0.15) is 0 Å². The molecular weight excluding hydrogens is 937 g/mol. The molecule has 0 bridgehead atoms. The molecule has 6 heteroatoms. The lowest BCUT2D eigenvalue weighted by Crippen LogP contribution is -2.30. The third kappa shape index (κ3) is 61.4. The Hall–Kier alpha value is -3.41. The lowest BCUT2D eigenvalue weighted by Gasteiger charge is -2.18. The van der Waals surface area contributed by atoms with Crippen LogP contribution in [0.3, 0.4) is 0 Å². The van der Waals surface area contributed by atoms with Gasteiger partial charge in [0.05, 0.1) is 0 Å². The highest BCUT2D eigenvalue weighted by Gasteiger charge is 2.19. The summed E-state index contributed by atoms with van der Waals surface area (Å²) in [5.74, 6) is -0.898. The Balaban J connectivity index is 4.29. The van der Waals surface area contributed by atoms with Crippen LogP contribution in [0, 0.1) is 0 Å². The van der Waals surface area contributed by atoms with E-state index in [0.29, 0.717) is 19.3 Å². The average Bonchev–Trinajstić information content (AvgIpc) is 3.42. The topological polar surface area (TPSA) is 78.9 Å². The van der Waals surface area contributed by atoms with Crippen molar-refractivity contribution in [2.75, 3.05) is 13.2 Å². The largest absolute Gasteiger partial charge is 0.462 e. The van der Waals surface area contributed by atoms with Gasteiger partial charge in [0, 0.05) is 19.3 Å². The summed E-state index contributed by atoms with van der Waals surface area (Å²) in [6, 6.07) is 0. The highest BCUT2D eigenvalue weighted by molar-refractivity contribution is 5.71. The Bertz CT molecular complexity index is 1450. The van der Waals surface area contributed by atoms with Gasteiger partial charge < -0.3 is 14.2 Å². The Morgan fingerprint density at radius 3 is 0.776 bits per heavy atom. The molecule has 0 heterocycles. The zero-order valence-electron chi connectivity index (χ0n) is 50.3. The fourth-order valence-electron chi connectivity index (χ4n) is 9.16. The van der Waals surface area contributed by atoms with Gasteiger partial charge in [0.2, 0.25) is 0 Å². The van der Waals surface area contributed by atoms with Gasteiger partial charge in [-0.25, -0.2) is 0 Å². The van der Waals surface area contributed by atoms with Crippen LogP contribution in [0.1, 0.15) is 323 Å². The van der Waals surface area contributed by atoms with E-state index in [9.17, 15) is 14.4 Å². The zero-order chi connectivity index (χ0) is 55.0. The lowest BCUT2D eigenvalue weighted by molar-refractivity contribution is -0.167. The third-order valence-corrected chi connectivity index (χ3v) is 14.1. The van der Waals surface area contributed by atoms with Crippen molar-refractivity contribution < 1.29 is 28.6 Å². The van der Waals surface area contributed by atoms with Crippen molar-refractivity contribution in [2.24, 2.45) is 0 Å². The van der Waals surface area contributed by atoms with E-state index in [1.165, 1.54) is 180 Å². The molecule has 0 spiro atoms. The van der Waals surface area contributed by atoms with E-state index >= 15 is 0 Å². The van der Waals surface area contributed by atoms with Gasteiger partial charge in [-0.3, -0.25) is 14.4 Å². The summed E-state index contributed by atoms with van der Waals surface area (Å²) in [6.07, 6.45) is 84.5. The summed E-state index contributed by atoms with van der Waals surface area (Å²) in [6.45, 7) is 6.58. The average molecular weight is 1060 g/mol. The van der Waals surface area contributed by atoms with Crippen molar-refractivity contribution in [1.82, 2.24) is 0 Å². The predicted molar refractivity (Wildman–Crippen MR) is 330 cm³/mol. The molecule has 0 aliphatic carbocycles. The van der Waals surface area contributed by atoms with Crippen LogP contribution in [0.15, 0.2) is 85.1 Å². The summed E-state index contributed by atoms with van der Waals surface area (Å²) in [7, 11) is 0. The number of hydrogen-bond acceptors (Lipinski definition) is 6. The fraction of sp³-hybridized carbons (Fsp3) is 0.757. The molecule has 0 saturated heterocycles. The molecule has 0 aromatic heterocycles. The Morgan fingerprint density at radius 1 is 0.263 bits per heavy atom. The van der Waals surface area contributed by atoms with Gasteiger partial charge in [-0.05, 0) is 122 Å². The van der Waals surface area contributed by atoms with Gasteiger partial charge in [-0.1, -0.05) is 266 Å². The second-order valence-corrected chi connectivity index (χ2v) is 21.7. The number of esters is 3. The van der Waals surface area contributed by atoms with Gasteiger partial charge in [-0.15, -0.1) is 0 Å². The molecule has 0 aliphatic rings. The van der Waals surface area contributed by atoms with Gasteiger partial charge >= 0.3 is 17.9 Å². The van der Waals surface area contributed by atoms with Gasteiger partial charge in [0.25, 0.3) is 0 Å². The Labute approximate surface area is 471 Å². The van der Waals surface area contributed by atoms with E-state index in [1.54, 1.807) is 0 Å². The minimum Gasteiger partial charge on any atom is -0.462 e. The summed E-state index contributed by atoms with van der Waals surface area (Å²) < 4.78 is 16.9. The Morgan fingerprint density at radius 2 is 0.474 bits per heavy atom. The summed E-state index contributed by atoms with van der Waals surface area (Å²) >= 11 is 0. The minimum atomic E-state index is -0.789. The van der Waals surface area contributed by atoms with Gasteiger partial charge in [0.15, 0.2) is 6.10 Å². The van der Waals surface area contributed by atoms with Crippen LogP contribution in [0.5, 0.6) is 0 Å². The van der Waals surface area contributed by atoms with Crippen LogP contribution >= 0.6 is 0 Å². The van der Waals surface area contributed by atoms with Crippen molar-refractivity contribution in [3.63, 3.8) is 0 Å². The Kier molecular flexibility index (Phi) is 61.2. The SMILES string of the molecule is CCCCC/C=C\C/C=C\C/C=C\CCCCCCCCC(=O)OC(COC(=O)CCCCCCC/C=C\CCCCC)COC(=O)CCCCCCCCCCCCCC/C=C\C/C=C\C/C=C\CCCCCCC. The maximum atomic E-state index is 12.9. The van der Waals surface area contributed by atoms with E-state index in [4.69, 9.17) is 14.2 Å². The predicted octanol–water partition coefficient (Wildman–Crippen LogP) is 22.3. The van der Waals surface area contributed by atoms with Crippen molar-refractivity contribution >= 4 is 17.9 Å².